The highest BCUT2D eigenvalue weighted by Crippen LogP contribution is 2.27. The number of rotatable bonds is 7. The third-order valence-electron chi connectivity index (χ3n) is 5.43. The Balaban J connectivity index is -0.000000669. The average Bonchev–Trinajstić information content (AvgIpc) is 3.51. The third-order valence-corrected chi connectivity index (χ3v) is 5.43. The molecule has 0 saturated heterocycles. The van der Waals surface area contributed by atoms with Crippen LogP contribution in [0.1, 0.15) is 105 Å². The number of aromatic nitrogens is 1. The Morgan fingerprint density at radius 1 is 0.925 bits per heavy atom. The zero-order chi connectivity index (χ0) is 31.7. The fourth-order valence-corrected chi connectivity index (χ4v) is 3.58. The number of benzene rings is 2. The van der Waals surface area contributed by atoms with E-state index in [0.717, 1.165) is 29.7 Å². The number of allylic oxidation sites excluding steroid dienone is 2. The Bertz CT molecular complexity index is 1010. The van der Waals surface area contributed by atoms with Gasteiger partial charge in [-0.15, -0.1) is 13.2 Å². The number of aromatic amines is 1. The highest BCUT2D eigenvalue weighted by Gasteiger charge is 2.18. The van der Waals surface area contributed by atoms with Crippen molar-refractivity contribution in [1.82, 2.24) is 4.98 Å². The monoisotopic (exact) mass is 559 g/mol. The molecule has 40 heavy (non-hydrogen) atoms. The molecule has 1 unspecified atom stereocenters. The minimum absolute atomic E-state index is 0.282. The van der Waals surface area contributed by atoms with Crippen LogP contribution in [0.15, 0.2) is 85.6 Å². The van der Waals surface area contributed by atoms with Gasteiger partial charge in [0.15, 0.2) is 0 Å². The van der Waals surface area contributed by atoms with Crippen LogP contribution in [-0.2, 0) is 6.42 Å². The van der Waals surface area contributed by atoms with Crippen molar-refractivity contribution in [2.24, 2.45) is 0 Å². The van der Waals surface area contributed by atoms with E-state index in [1.165, 1.54) is 18.2 Å². The second-order valence-corrected chi connectivity index (χ2v) is 8.41. The lowest BCUT2D eigenvalue weighted by atomic mass is 9.95. The van der Waals surface area contributed by atoms with Gasteiger partial charge in [0.05, 0.1) is 0 Å². The standard InChI is InChI=1S/C20H21F3.C8H13N.3C2H6.C2H4/c1-4-15(13-20(3,22)23)11-16-9-14(2)10-17(12-16)18-7-5-6-8-19(18)21;1-3-7(2)8-5-4-6-9-8;4*1-2/h5-10,12-13H,4,11H2,1-3H3;4-7,9H,3H2,1-2H3;3*1-2H3;1-2H2/b15-13+;;;;;. The third kappa shape index (κ3) is 17.6. The van der Waals surface area contributed by atoms with E-state index in [0.29, 0.717) is 29.9 Å². The predicted octanol–water partition coefficient (Wildman–Crippen LogP) is 12.7. The van der Waals surface area contributed by atoms with Crippen LogP contribution in [0.25, 0.3) is 11.1 Å². The van der Waals surface area contributed by atoms with E-state index in [2.05, 4.69) is 38.1 Å². The van der Waals surface area contributed by atoms with E-state index in [-0.39, 0.29) is 5.82 Å². The molecule has 1 nitrogen and oxygen atoms in total. The number of hydrogen-bond donors (Lipinski definition) is 1. The van der Waals surface area contributed by atoms with Crippen LogP contribution in [0.2, 0.25) is 0 Å². The van der Waals surface area contributed by atoms with E-state index in [1.807, 2.05) is 85.9 Å². The normalized spacial score (nSPS) is 10.8. The summed E-state index contributed by atoms with van der Waals surface area (Å²) in [5.41, 5.74) is 5.23. The molecule has 1 heterocycles. The van der Waals surface area contributed by atoms with Crippen LogP contribution in [0.5, 0.6) is 0 Å². The highest BCUT2D eigenvalue weighted by molar-refractivity contribution is 5.66. The van der Waals surface area contributed by atoms with Crippen molar-refractivity contribution in [3.63, 3.8) is 0 Å². The average molecular weight is 560 g/mol. The molecule has 0 spiro atoms. The van der Waals surface area contributed by atoms with Crippen molar-refractivity contribution in [3.05, 3.63) is 108 Å². The van der Waals surface area contributed by atoms with E-state index in [9.17, 15) is 13.2 Å². The molecule has 1 atom stereocenters. The smallest absolute Gasteiger partial charge is 0.264 e. The van der Waals surface area contributed by atoms with Crippen LogP contribution in [0.4, 0.5) is 13.2 Å². The van der Waals surface area contributed by atoms with Gasteiger partial charge >= 0.3 is 0 Å². The number of nitrogens with one attached hydrogen (secondary N) is 1. The van der Waals surface area contributed by atoms with Crippen LogP contribution in [0, 0.1) is 12.7 Å². The number of alkyl halides is 2. The molecule has 0 amide bonds. The molecule has 0 aliphatic carbocycles. The highest BCUT2D eigenvalue weighted by atomic mass is 19.3. The maximum Gasteiger partial charge on any atom is 0.264 e. The van der Waals surface area contributed by atoms with Gasteiger partial charge in [0.1, 0.15) is 5.82 Å². The lowest BCUT2D eigenvalue weighted by Gasteiger charge is -2.12. The summed E-state index contributed by atoms with van der Waals surface area (Å²) in [5, 5.41) is 0. The first-order valence-electron chi connectivity index (χ1n) is 14.7. The molecular formula is C36H56F3N. The van der Waals surface area contributed by atoms with E-state index < -0.39 is 5.92 Å². The zero-order valence-electron chi connectivity index (χ0n) is 27.1. The van der Waals surface area contributed by atoms with Gasteiger partial charge in [-0.05, 0) is 67.5 Å². The molecule has 4 heteroatoms. The molecule has 2 aromatic carbocycles. The largest absolute Gasteiger partial charge is 0.365 e. The molecule has 0 saturated carbocycles. The summed E-state index contributed by atoms with van der Waals surface area (Å²) in [4.78, 5) is 3.19. The van der Waals surface area contributed by atoms with Crippen molar-refractivity contribution in [1.29, 1.82) is 0 Å². The second-order valence-electron chi connectivity index (χ2n) is 8.41. The topological polar surface area (TPSA) is 15.8 Å². The van der Waals surface area contributed by atoms with Crippen LogP contribution < -0.4 is 0 Å². The summed E-state index contributed by atoms with van der Waals surface area (Å²) in [7, 11) is 0. The summed E-state index contributed by atoms with van der Waals surface area (Å²) in [6.07, 6.45) is 5.22. The van der Waals surface area contributed by atoms with Gasteiger partial charge in [0.25, 0.3) is 5.92 Å². The number of halogens is 3. The Morgan fingerprint density at radius 3 is 1.95 bits per heavy atom. The van der Waals surface area contributed by atoms with Crippen molar-refractivity contribution in [2.45, 2.75) is 107 Å². The molecule has 1 N–H and O–H groups in total. The van der Waals surface area contributed by atoms with Crippen molar-refractivity contribution in [2.75, 3.05) is 0 Å². The van der Waals surface area contributed by atoms with E-state index >= 15 is 0 Å². The summed E-state index contributed by atoms with van der Waals surface area (Å²) >= 11 is 0. The molecule has 0 aliphatic rings. The van der Waals surface area contributed by atoms with Crippen LogP contribution >= 0.6 is 0 Å². The van der Waals surface area contributed by atoms with Gasteiger partial charge in [-0.3, -0.25) is 0 Å². The molecule has 0 aliphatic heterocycles. The minimum Gasteiger partial charge on any atom is -0.365 e. The quantitative estimate of drug-likeness (QED) is 0.277. The Hall–Kier alpha value is -3.01. The van der Waals surface area contributed by atoms with Gasteiger partial charge in [-0.2, -0.15) is 0 Å². The van der Waals surface area contributed by atoms with Gasteiger partial charge in [0.2, 0.25) is 0 Å². The molecular weight excluding hydrogens is 503 g/mol. The number of aryl methyl sites for hydroxylation is 1. The van der Waals surface area contributed by atoms with Gasteiger partial charge in [-0.25, -0.2) is 13.2 Å². The summed E-state index contributed by atoms with van der Waals surface area (Å²) in [5.74, 6) is -2.42. The number of H-pyrrole nitrogens is 1. The van der Waals surface area contributed by atoms with Crippen molar-refractivity contribution in [3.8, 4) is 11.1 Å². The van der Waals surface area contributed by atoms with Crippen molar-refractivity contribution < 1.29 is 13.2 Å². The summed E-state index contributed by atoms with van der Waals surface area (Å²) < 4.78 is 40.4. The Morgan fingerprint density at radius 2 is 1.50 bits per heavy atom. The number of hydrogen-bond acceptors (Lipinski definition) is 0. The first kappa shape index (κ1) is 41.5. The molecule has 3 rings (SSSR count). The molecule has 3 aromatic rings. The van der Waals surface area contributed by atoms with E-state index in [1.54, 1.807) is 18.2 Å². The molecule has 1 aromatic heterocycles. The SMILES string of the molecule is C=C.CC.CC.CC.CC/C(=C\C(C)(F)F)Cc1cc(C)cc(-c2ccccc2F)c1.CCC(C)c1ccc[nH]1. The van der Waals surface area contributed by atoms with Crippen LogP contribution in [0.3, 0.4) is 0 Å². The molecule has 0 fully saturated rings. The summed E-state index contributed by atoms with van der Waals surface area (Å²) in [6, 6.07) is 16.5. The molecule has 226 valence electrons. The van der Waals surface area contributed by atoms with Gasteiger partial charge in [0, 0.05) is 24.4 Å². The van der Waals surface area contributed by atoms with Gasteiger partial charge in [-0.1, -0.05) is 110 Å². The Labute approximate surface area is 244 Å². The fraction of sp³-hybridized carbons (Fsp3) is 0.444. The predicted molar refractivity (Wildman–Crippen MR) is 174 cm³/mol. The first-order valence-corrected chi connectivity index (χ1v) is 14.7. The van der Waals surface area contributed by atoms with Crippen LogP contribution in [-0.4, -0.2) is 10.9 Å². The van der Waals surface area contributed by atoms with Crippen molar-refractivity contribution >= 4 is 0 Å². The second kappa shape index (κ2) is 25.0. The Kier molecular flexibility index (Phi) is 25.9. The van der Waals surface area contributed by atoms with E-state index in [4.69, 9.17) is 0 Å². The van der Waals surface area contributed by atoms with Gasteiger partial charge < -0.3 is 4.98 Å². The first-order chi connectivity index (χ1) is 19.1. The maximum absolute atomic E-state index is 14.0. The lowest BCUT2D eigenvalue weighted by molar-refractivity contribution is 0.0762. The summed E-state index contributed by atoms with van der Waals surface area (Å²) in [6.45, 7) is 27.1. The lowest BCUT2D eigenvalue weighted by Crippen LogP contribution is -2.07. The molecule has 0 bridgehead atoms. The zero-order valence-corrected chi connectivity index (χ0v) is 27.1. The maximum atomic E-state index is 14.0. The molecule has 0 radical (unpaired) electrons. The fourth-order valence-electron chi connectivity index (χ4n) is 3.58. The minimum atomic E-state index is -2.82.